The predicted molar refractivity (Wildman–Crippen MR) is 164 cm³/mol. The van der Waals surface area contributed by atoms with Crippen LogP contribution >= 0.6 is 0 Å². The minimum absolute atomic E-state index is 0.105. The number of hydrogen-bond acceptors (Lipinski definition) is 6. The first-order valence-electron chi connectivity index (χ1n) is 15.3. The Morgan fingerprint density at radius 3 is 2.50 bits per heavy atom. The van der Waals surface area contributed by atoms with E-state index in [0.717, 1.165) is 44.1 Å². The molecule has 4 atom stereocenters. The Morgan fingerprint density at radius 1 is 1.10 bits per heavy atom. The number of allylic oxidation sites excluding steroid dienone is 2. The molecule has 1 aromatic carbocycles. The maximum absolute atomic E-state index is 13.7. The number of hydrogen-bond donors (Lipinski definition) is 2. The number of amides is 3. The van der Waals surface area contributed by atoms with Crippen LogP contribution in [0.1, 0.15) is 84.1 Å². The van der Waals surface area contributed by atoms with Crippen LogP contribution in [-0.4, -0.2) is 62.3 Å². The Morgan fingerprint density at radius 2 is 1.86 bits per heavy atom. The fourth-order valence-electron chi connectivity index (χ4n) is 5.44. The third-order valence-electron chi connectivity index (χ3n) is 7.77. The number of aldehydes is 1. The van der Waals surface area contributed by atoms with Crippen LogP contribution < -0.4 is 20.1 Å². The second-order valence-corrected chi connectivity index (χ2v) is 11.7. The number of methoxy groups -OCH3 is 2. The van der Waals surface area contributed by atoms with Crippen LogP contribution in [0.3, 0.4) is 0 Å². The molecule has 1 aliphatic heterocycles. The third-order valence-corrected chi connectivity index (χ3v) is 7.77. The van der Waals surface area contributed by atoms with Gasteiger partial charge in [0, 0.05) is 37.1 Å². The lowest BCUT2D eigenvalue weighted by molar-refractivity contribution is -0.136. The second-order valence-electron chi connectivity index (χ2n) is 11.7. The fourth-order valence-corrected chi connectivity index (χ4v) is 5.44. The number of carbonyl (C=O) groups excluding carboxylic acids is 4. The first-order valence-corrected chi connectivity index (χ1v) is 15.3. The van der Waals surface area contributed by atoms with Gasteiger partial charge in [0.2, 0.25) is 17.7 Å². The third kappa shape index (κ3) is 11.1. The van der Waals surface area contributed by atoms with Gasteiger partial charge in [-0.3, -0.25) is 14.4 Å². The quantitative estimate of drug-likeness (QED) is 0.301. The van der Waals surface area contributed by atoms with E-state index in [0.29, 0.717) is 37.2 Å². The Balaban J connectivity index is 2.29. The van der Waals surface area contributed by atoms with Gasteiger partial charge in [0.1, 0.15) is 23.8 Å². The summed E-state index contributed by atoms with van der Waals surface area (Å²) in [5.41, 5.74) is 0.826. The van der Waals surface area contributed by atoms with Gasteiger partial charge >= 0.3 is 0 Å². The first-order chi connectivity index (χ1) is 20.1. The van der Waals surface area contributed by atoms with E-state index in [9.17, 15) is 19.2 Å². The summed E-state index contributed by atoms with van der Waals surface area (Å²) in [6.07, 6.45) is 10.9. The molecule has 9 heteroatoms. The molecule has 234 valence electrons. The minimum Gasteiger partial charge on any atom is -0.497 e. The van der Waals surface area contributed by atoms with Gasteiger partial charge < -0.3 is 29.8 Å². The lowest BCUT2D eigenvalue weighted by Crippen LogP contribution is -2.52. The highest BCUT2D eigenvalue weighted by Gasteiger charge is 2.30. The Labute approximate surface area is 251 Å². The van der Waals surface area contributed by atoms with Crippen molar-refractivity contribution in [3.05, 3.63) is 35.9 Å². The topological polar surface area (TPSA) is 114 Å². The van der Waals surface area contributed by atoms with Gasteiger partial charge in [0.15, 0.2) is 0 Å². The van der Waals surface area contributed by atoms with Crippen molar-refractivity contribution in [1.82, 2.24) is 15.5 Å². The molecule has 2 N–H and O–H groups in total. The molecule has 0 saturated heterocycles. The molecule has 1 heterocycles. The van der Waals surface area contributed by atoms with E-state index in [1.807, 2.05) is 32.1 Å². The van der Waals surface area contributed by atoms with Gasteiger partial charge in [-0.15, -0.1) is 0 Å². The summed E-state index contributed by atoms with van der Waals surface area (Å²) in [6.45, 7) is 6.36. The maximum Gasteiger partial charge on any atom is 0.243 e. The summed E-state index contributed by atoms with van der Waals surface area (Å²) in [4.78, 5) is 54.1. The lowest BCUT2D eigenvalue weighted by Gasteiger charge is -2.28. The smallest absolute Gasteiger partial charge is 0.243 e. The summed E-state index contributed by atoms with van der Waals surface area (Å²) in [6, 6.07) is 3.85. The normalized spacial score (nSPS) is 23.4. The average Bonchev–Trinajstić information content (AvgIpc) is 2.97. The standard InChI is InChI=1S/C33H51N3O6/c1-7-13-24-14-11-9-8-10-12-15-25(19-27(22-37)34-32(39)29(18-23(2)3)35-31(24)38)33(40)36(4)21-26-16-17-28(41-5)20-30(26)42-6/h10,12,16-17,20,22-25,27,29H,7-9,11,13-15,18-19,21H2,1-6H3,(H,34,39)(H,35,38)/b12-10-/t24?,25?,27-,29-/m0/s1. The summed E-state index contributed by atoms with van der Waals surface area (Å²) < 4.78 is 10.8. The van der Waals surface area contributed by atoms with Crippen LogP contribution in [0.4, 0.5) is 0 Å². The van der Waals surface area contributed by atoms with E-state index in [4.69, 9.17) is 9.47 Å². The highest BCUT2D eigenvalue weighted by Crippen LogP contribution is 2.27. The Bertz CT molecular complexity index is 1060. The van der Waals surface area contributed by atoms with Crippen LogP contribution in [0.5, 0.6) is 11.5 Å². The molecule has 0 radical (unpaired) electrons. The number of benzene rings is 1. The molecule has 42 heavy (non-hydrogen) atoms. The zero-order valence-corrected chi connectivity index (χ0v) is 26.3. The number of nitrogens with one attached hydrogen (secondary N) is 2. The van der Waals surface area contributed by atoms with Crippen molar-refractivity contribution in [1.29, 1.82) is 0 Å². The molecule has 0 aliphatic carbocycles. The summed E-state index contributed by atoms with van der Waals surface area (Å²) in [7, 11) is 4.88. The van der Waals surface area contributed by atoms with E-state index < -0.39 is 23.9 Å². The highest BCUT2D eigenvalue weighted by atomic mass is 16.5. The van der Waals surface area contributed by atoms with Crippen molar-refractivity contribution in [3.8, 4) is 11.5 Å². The molecule has 0 spiro atoms. The van der Waals surface area contributed by atoms with E-state index in [2.05, 4.69) is 23.6 Å². The fraction of sp³-hybridized carbons (Fsp3) is 0.636. The van der Waals surface area contributed by atoms with Crippen molar-refractivity contribution in [2.75, 3.05) is 21.3 Å². The molecule has 2 unspecified atom stereocenters. The minimum atomic E-state index is -0.866. The molecule has 2 rings (SSSR count). The average molecular weight is 586 g/mol. The van der Waals surface area contributed by atoms with Crippen molar-refractivity contribution in [3.63, 3.8) is 0 Å². The number of nitrogens with zero attached hydrogens (tertiary/aromatic N) is 1. The molecule has 0 bridgehead atoms. The van der Waals surface area contributed by atoms with Gasteiger partial charge in [-0.1, -0.05) is 45.8 Å². The molecule has 1 aromatic rings. The van der Waals surface area contributed by atoms with Crippen LogP contribution in [0, 0.1) is 17.8 Å². The van der Waals surface area contributed by atoms with Crippen molar-refractivity contribution in [2.24, 2.45) is 17.8 Å². The van der Waals surface area contributed by atoms with Crippen LogP contribution in [-0.2, 0) is 25.7 Å². The van der Waals surface area contributed by atoms with Crippen molar-refractivity contribution < 1.29 is 28.7 Å². The second kappa shape index (κ2) is 18.2. The zero-order valence-electron chi connectivity index (χ0n) is 26.3. The summed E-state index contributed by atoms with van der Waals surface area (Å²) in [5.74, 6) is 0.141. The largest absolute Gasteiger partial charge is 0.497 e. The lowest BCUT2D eigenvalue weighted by atomic mass is 9.92. The maximum atomic E-state index is 13.7. The Hall–Kier alpha value is -3.36. The van der Waals surface area contributed by atoms with Gasteiger partial charge in [-0.2, -0.15) is 0 Å². The Kier molecular flexibility index (Phi) is 15.1. The monoisotopic (exact) mass is 585 g/mol. The molecule has 0 saturated carbocycles. The van der Waals surface area contributed by atoms with E-state index in [1.165, 1.54) is 0 Å². The van der Waals surface area contributed by atoms with Gasteiger partial charge in [-0.05, 0) is 63.0 Å². The van der Waals surface area contributed by atoms with Gasteiger partial charge in [0.25, 0.3) is 0 Å². The van der Waals surface area contributed by atoms with Gasteiger partial charge in [0.05, 0.1) is 20.3 Å². The SMILES string of the molecule is CCCC1CCCC/C=C\CC(C(=O)N(C)Cc2ccc(OC)cc2OC)C[C@@H](C=O)NC(=O)[C@H](CC(C)C)NC1=O. The number of rotatable bonds is 10. The number of ether oxygens (including phenoxy) is 2. The summed E-state index contributed by atoms with van der Waals surface area (Å²) >= 11 is 0. The highest BCUT2D eigenvalue weighted by molar-refractivity contribution is 5.90. The van der Waals surface area contributed by atoms with E-state index in [1.54, 1.807) is 32.2 Å². The van der Waals surface area contributed by atoms with Crippen LogP contribution in [0.2, 0.25) is 0 Å². The molecule has 3 amide bonds. The van der Waals surface area contributed by atoms with Crippen molar-refractivity contribution in [2.45, 2.75) is 97.2 Å². The van der Waals surface area contributed by atoms with Crippen LogP contribution in [0.15, 0.2) is 30.4 Å². The zero-order chi connectivity index (χ0) is 31.1. The predicted octanol–water partition coefficient (Wildman–Crippen LogP) is 4.82. The molecular formula is C33H51N3O6. The van der Waals surface area contributed by atoms with Gasteiger partial charge in [-0.25, -0.2) is 0 Å². The van der Waals surface area contributed by atoms with Crippen LogP contribution in [0.25, 0.3) is 0 Å². The van der Waals surface area contributed by atoms with E-state index in [-0.39, 0.29) is 30.1 Å². The number of carbonyl (C=O) groups is 4. The molecular weight excluding hydrogens is 534 g/mol. The van der Waals surface area contributed by atoms with Crippen molar-refractivity contribution >= 4 is 24.0 Å². The molecule has 0 fully saturated rings. The molecule has 0 aromatic heterocycles. The first kappa shape index (κ1) is 34.8. The molecule has 1 aliphatic rings. The summed E-state index contributed by atoms with van der Waals surface area (Å²) in [5, 5.41) is 5.81. The van der Waals surface area contributed by atoms with E-state index >= 15 is 0 Å². The molecule has 9 nitrogen and oxygen atoms in total.